The highest BCUT2D eigenvalue weighted by Gasteiger charge is 2.34. The van der Waals surface area contributed by atoms with Crippen LogP contribution in [0.3, 0.4) is 0 Å². The average Bonchev–Trinajstić information content (AvgIpc) is 2.72. The number of carbonyl (C=O) groups is 1. The number of piperazine rings is 1. The predicted octanol–water partition coefficient (Wildman–Crippen LogP) is 0.0844. The van der Waals surface area contributed by atoms with Gasteiger partial charge < -0.3 is 10.4 Å². The number of amides is 1. The third-order valence-electron chi connectivity index (χ3n) is 5.21. The number of hydrogen-bond acceptors (Lipinski definition) is 6. The lowest BCUT2D eigenvalue weighted by atomic mass is 10.1. The van der Waals surface area contributed by atoms with E-state index < -0.39 is 28.2 Å². The first-order valence-electron chi connectivity index (χ1n) is 9.37. The third-order valence-corrected chi connectivity index (χ3v) is 6.37. The number of benzene rings is 1. The topological polar surface area (TPSA) is 108 Å². The summed E-state index contributed by atoms with van der Waals surface area (Å²) in [6.07, 6.45) is 1.62. The maximum absolute atomic E-state index is 13.0. The van der Waals surface area contributed by atoms with Crippen molar-refractivity contribution < 1.29 is 18.5 Å². The lowest BCUT2D eigenvalue weighted by Crippen LogP contribution is -2.48. The molecule has 2 heterocycles. The van der Waals surface area contributed by atoms with Crippen LogP contribution in [0.4, 0.5) is 4.39 Å². The molecule has 1 saturated heterocycles. The van der Waals surface area contributed by atoms with Crippen LogP contribution in [0, 0.1) is 5.82 Å². The van der Waals surface area contributed by atoms with E-state index in [1.54, 1.807) is 10.6 Å². The number of thiol groups is 1. The first-order chi connectivity index (χ1) is 14.2. The Balaban J connectivity index is 1.89. The van der Waals surface area contributed by atoms with Crippen LogP contribution in [0.1, 0.15) is 27.9 Å². The van der Waals surface area contributed by atoms with E-state index in [9.17, 15) is 23.3 Å². The first kappa shape index (κ1) is 22.1. The fourth-order valence-corrected chi connectivity index (χ4v) is 4.08. The Labute approximate surface area is 175 Å². The molecule has 9 nitrogen and oxygen atoms in total. The Morgan fingerprint density at radius 2 is 1.97 bits per heavy atom. The zero-order chi connectivity index (χ0) is 22.0. The summed E-state index contributed by atoms with van der Waals surface area (Å²) in [5.41, 5.74) is -0.456. The molecule has 1 aliphatic heterocycles. The average molecular weight is 439 g/mol. The summed E-state index contributed by atoms with van der Waals surface area (Å²) < 4.78 is 28.0. The van der Waals surface area contributed by atoms with Gasteiger partial charge >= 0.3 is 0 Å². The van der Waals surface area contributed by atoms with Gasteiger partial charge in [0.05, 0.1) is 19.1 Å². The molecule has 2 unspecified atom stereocenters. The van der Waals surface area contributed by atoms with Gasteiger partial charge in [-0.1, -0.05) is 16.3 Å². The van der Waals surface area contributed by atoms with E-state index in [4.69, 9.17) is 0 Å². The number of carbonyl (C=O) groups excluding carboxylic acids is 1. The molecule has 0 aliphatic carbocycles. The molecule has 1 fully saturated rings. The second-order valence-corrected chi connectivity index (χ2v) is 8.71. The summed E-state index contributed by atoms with van der Waals surface area (Å²) in [4.78, 5) is 31.5. The van der Waals surface area contributed by atoms with Gasteiger partial charge in [0.1, 0.15) is 28.9 Å². The van der Waals surface area contributed by atoms with Crippen molar-refractivity contribution in [2.24, 2.45) is 7.05 Å². The molecular formula is C19H25FN5O4S+. The minimum atomic E-state index is -1.55. The summed E-state index contributed by atoms with van der Waals surface area (Å²) in [7, 11) is 1.79. The quantitative estimate of drug-likeness (QED) is 0.506. The van der Waals surface area contributed by atoms with Crippen molar-refractivity contribution >= 4 is 16.9 Å². The van der Waals surface area contributed by atoms with Gasteiger partial charge in [0.25, 0.3) is 11.5 Å². The van der Waals surface area contributed by atoms with E-state index in [0.29, 0.717) is 31.0 Å². The molecule has 1 aliphatic rings. The van der Waals surface area contributed by atoms with Gasteiger partial charge in [-0.3, -0.25) is 19.1 Å². The van der Waals surface area contributed by atoms with Gasteiger partial charge in [0, 0.05) is 20.1 Å². The highest BCUT2D eigenvalue weighted by atomic mass is 32.2. The zero-order valence-electron chi connectivity index (χ0n) is 17.0. The summed E-state index contributed by atoms with van der Waals surface area (Å²) in [5, 5.41) is 12.8. The molecule has 30 heavy (non-hydrogen) atoms. The monoisotopic (exact) mass is 438 g/mol. The van der Waals surface area contributed by atoms with Crippen LogP contribution < -0.4 is 10.9 Å². The molecule has 0 bridgehead atoms. The molecule has 1 amide bonds. The Kier molecular flexibility index (Phi) is 6.64. The molecular weight excluding hydrogens is 413 g/mol. The van der Waals surface area contributed by atoms with Crippen molar-refractivity contribution in [1.29, 1.82) is 0 Å². The highest BCUT2D eigenvalue weighted by molar-refractivity contribution is 7.81. The SMILES string of the molecule is CN1CCN([SH+](C)=O)CC1c1nc(C(=O)NCc2ccc(F)cc2)c(O)c(=O)n1C. The number of aromatic nitrogens is 2. The molecule has 0 spiro atoms. The molecule has 0 radical (unpaired) electrons. The van der Waals surface area contributed by atoms with Gasteiger partial charge in [-0.15, -0.1) is 4.31 Å². The fourth-order valence-electron chi connectivity index (χ4n) is 3.33. The Morgan fingerprint density at radius 3 is 2.60 bits per heavy atom. The minimum absolute atomic E-state index is 0.0815. The fraction of sp³-hybridized carbons (Fsp3) is 0.421. The van der Waals surface area contributed by atoms with Crippen molar-refractivity contribution in [3.63, 3.8) is 0 Å². The van der Waals surface area contributed by atoms with Crippen molar-refractivity contribution in [3.8, 4) is 5.75 Å². The van der Waals surface area contributed by atoms with Crippen molar-refractivity contribution in [2.45, 2.75) is 12.6 Å². The van der Waals surface area contributed by atoms with Gasteiger partial charge in [-0.25, -0.2) is 9.37 Å². The zero-order valence-corrected chi connectivity index (χ0v) is 17.9. The lowest BCUT2D eigenvalue weighted by Gasteiger charge is -2.35. The summed E-state index contributed by atoms with van der Waals surface area (Å²) >= 11 is 0. The van der Waals surface area contributed by atoms with Crippen LogP contribution in [-0.4, -0.2) is 62.7 Å². The summed E-state index contributed by atoms with van der Waals surface area (Å²) in [5.74, 6) is -1.55. The van der Waals surface area contributed by atoms with Crippen LogP contribution in [-0.2, 0) is 28.8 Å². The van der Waals surface area contributed by atoms with E-state index in [2.05, 4.69) is 10.3 Å². The Bertz CT molecular complexity index is 1030. The number of nitrogens with zero attached hydrogens (tertiary/aromatic N) is 4. The molecule has 3 rings (SSSR count). The lowest BCUT2D eigenvalue weighted by molar-refractivity contribution is 0.0938. The smallest absolute Gasteiger partial charge is 0.296 e. The number of aromatic hydroxyl groups is 1. The van der Waals surface area contributed by atoms with Crippen LogP contribution >= 0.6 is 0 Å². The van der Waals surface area contributed by atoms with E-state index in [1.165, 1.54) is 35.9 Å². The first-order valence-corrected chi connectivity index (χ1v) is 11.0. The highest BCUT2D eigenvalue weighted by Crippen LogP contribution is 2.24. The number of likely N-dealkylation sites (N-methyl/N-ethyl adjacent to an activating group) is 1. The van der Waals surface area contributed by atoms with Crippen LogP contribution in [0.5, 0.6) is 5.75 Å². The second-order valence-electron chi connectivity index (χ2n) is 7.21. The van der Waals surface area contributed by atoms with E-state index in [-0.39, 0.29) is 24.1 Å². The van der Waals surface area contributed by atoms with Crippen molar-refractivity contribution in [3.05, 3.63) is 57.5 Å². The summed E-state index contributed by atoms with van der Waals surface area (Å²) in [6, 6.07) is 5.22. The Hall–Kier alpha value is -2.63. The molecule has 0 saturated carbocycles. The van der Waals surface area contributed by atoms with Gasteiger partial charge in [-0.2, -0.15) is 0 Å². The van der Waals surface area contributed by atoms with Crippen LogP contribution in [0.2, 0.25) is 0 Å². The molecule has 162 valence electrons. The Morgan fingerprint density at radius 1 is 1.30 bits per heavy atom. The number of nitrogens with one attached hydrogen (secondary N) is 1. The predicted molar refractivity (Wildman–Crippen MR) is 111 cm³/mol. The van der Waals surface area contributed by atoms with Crippen LogP contribution in [0.25, 0.3) is 0 Å². The van der Waals surface area contributed by atoms with Gasteiger partial charge in [0.2, 0.25) is 5.75 Å². The van der Waals surface area contributed by atoms with E-state index >= 15 is 0 Å². The van der Waals surface area contributed by atoms with E-state index in [1.807, 2.05) is 11.9 Å². The maximum atomic E-state index is 13.0. The number of halogens is 1. The molecule has 2 N–H and O–H groups in total. The minimum Gasteiger partial charge on any atom is -0.501 e. The normalized spacial score (nSPS) is 18.9. The van der Waals surface area contributed by atoms with Gasteiger partial charge in [0.15, 0.2) is 5.69 Å². The molecule has 2 aromatic rings. The maximum Gasteiger partial charge on any atom is 0.296 e. The largest absolute Gasteiger partial charge is 0.501 e. The van der Waals surface area contributed by atoms with Crippen molar-refractivity contribution in [1.82, 2.24) is 24.1 Å². The number of rotatable bonds is 5. The van der Waals surface area contributed by atoms with Gasteiger partial charge in [-0.05, 0) is 24.7 Å². The molecule has 1 aromatic carbocycles. The summed E-state index contributed by atoms with van der Waals surface area (Å²) in [6.45, 7) is 1.69. The third kappa shape index (κ3) is 4.58. The standard InChI is InChI=1S/C19H24FN5O4S/c1-23-8-9-25(30(3)29)11-14(23)17-22-15(16(26)19(28)24(17)2)18(27)21-10-12-4-6-13(20)7-5-12/h4-7,14,26H,8-11H2,1-3H3,(H,21,27)/p+1. The molecule has 11 heteroatoms. The molecule has 1 aromatic heterocycles. The number of hydrogen-bond donors (Lipinski definition) is 2. The second kappa shape index (κ2) is 9.02. The van der Waals surface area contributed by atoms with E-state index in [0.717, 1.165) is 0 Å². The van der Waals surface area contributed by atoms with Crippen LogP contribution in [0.15, 0.2) is 29.1 Å². The van der Waals surface area contributed by atoms with Crippen molar-refractivity contribution in [2.75, 3.05) is 32.9 Å². The molecule has 2 atom stereocenters.